The first-order valence-corrected chi connectivity index (χ1v) is 7.32. The maximum absolute atomic E-state index is 5.23. The van der Waals surface area contributed by atoms with E-state index < -0.39 is 0 Å². The molecule has 0 radical (unpaired) electrons. The molecule has 0 heterocycles. The highest BCUT2D eigenvalue weighted by molar-refractivity contribution is 5.29. The molecule has 1 aromatic carbocycles. The number of ether oxygens (including phenoxy) is 1. The average Bonchev–Trinajstić information content (AvgIpc) is 3.28. The summed E-state index contributed by atoms with van der Waals surface area (Å²) in [6.45, 7) is 4.36. The molecule has 3 nitrogen and oxygen atoms in total. The van der Waals surface area contributed by atoms with Crippen LogP contribution in [0.15, 0.2) is 24.3 Å². The minimum Gasteiger partial charge on any atom is -0.497 e. The second kappa shape index (κ2) is 6.92. The van der Waals surface area contributed by atoms with E-state index >= 15 is 0 Å². The Labute approximate surface area is 116 Å². The Bertz CT molecular complexity index is 373. The van der Waals surface area contributed by atoms with Crippen molar-refractivity contribution in [2.45, 2.75) is 38.3 Å². The van der Waals surface area contributed by atoms with Gasteiger partial charge in [0, 0.05) is 18.6 Å². The van der Waals surface area contributed by atoms with Crippen LogP contribution in [0.25, 0.3) is 0 Å². The number of benzene rings is 1. The van der Waals surface area contributed by atoms with Crippen LogP contribution in [0.5, 0.6) is 5.75 Å². The average molecular weight is 262 g/mol. The van der Waals surface area contributed by atoms with Gasteiger partial charge in [-0.3, -0.25) is 0 Å². The molecule has 0 aliphatic heterocycles. The van der Waals surface area contributed by atoms with E-state index in [2.05, 4.69) is 36.3 Å². The lowest BCUT2D eigenvalue weighted by atomic mass is 10.1. The van der Waals surface area contributed by atoms with Crippen LogP contribution >= 0.6 is 0 Å². The second-order valence-electron chi connectivity index (χ2n) is 5.45. The van der Waals surface area contributed by atoms with E-state index in [0.29, 0.717) is 6.04 Å². The van der Waals surface area contributed by atoms with Gasteiger partial charge in [0.1, 0.15) is 5.75 Å². The van der Waals surface area contributed by atoms with Crippen molar-refractivity contribution in [3.63, 3.8) is 0 Å². The molecule has 3 heteroatoms. The van der Waals surface area contributed by atoms with Crippen molar-refractivity contribution in [3.8, 4) is 5.75 Å². The third-order valence-electron chi connectivity index (χ3n) is 3.80. The van der Waals surface area contributed by atoms with Gasteiger partial charge in [0.05, 0.1) is 7.11 Å². The largest absolute Gasteiger partial charge is 0.497 e. The molecule has 0 bridgehead atoms. The Morgan fingerprint density at radius 2 is 2.00 bits per heavy atom. The third-order valence-corrected chi connectivity index (χ3v) is 3.80. The van der Waals surface area contributed by atoms with Gasteiger partial charge in [-0.2, -0.15) is 0 Å². The number of likely N-dealkylation sites (N-methyl/N-ethyl adjacent to an activating group) is 1. The predicted octanol–water partition coefficient (Wildman–Crippen LogP) is 2.83. The highest BCUT2D eigenvalue weighted by atomic mass is 16.5. The van der Waals surface area contributed by atoms with E-state index in [1.165, 1.54) is 24.8 Å². The molecule has 1 fully saturated rings. The lowest BCUT2D eigenvalue weighted by Gasteiger charge is -2.25. The van der Waals surface area contributed by atoms with E-state index in [9.17, 15) is 0 Å². The topological polar surface area (TPSA) is 24.5 Å². The number of nitrogens with zero attached hydrogens (tertiary/aromatic N) is 1. The van der Waals surface area contributed by atoms with Crippen LogP contribution in [0.3, 0.4) is 0 Å². The summed E-state index contributed by atoms with van der Waals surface area (Å²) in [6, 6.07) is 9.67. The van der Waals surface area contributed by atoms with Crippen LogP contribution in [0.4, 0.5) is 0 Å². The molecule has 1 unspecified atom stereocenters. The van der Waals surface area contributed by atoms with Gasteiger partial charge in [-0.25, -0.2) is 0 Å². The molecule has 0 spiro atoms. The lowest BCUT2D eigenvalue weighted by molar-refractivity contribution is 0.281. The van der Waals surface area contributed by atoms with Gasteiger partial charge < -0.3 is 15.0 Å². The molecular formula is C16H26N2O. The Hall–Kier alpha value is -1.06. The zero-order valence-electron chi connectivity index (χ0n) is 12.4. The SMILES string of the molecule is CCCNC(CN(C)C1CC1)c1ccc(OC)cc1. The summed E-state index contributed by atoms with van der Waals surface area (Å²) in [5.41, 5.74) is 1.35. The summed E-state index contributed by atoms with van der Waals surface area (Å²) in [4.78, 5) is 2.48. The van der Waals surface area contributed by atoms with Gasteiger partial charge in [-0.15, -0.1) is 0 Å². The first kappa shape index (κ1) is 14.4. The molecule has 106 valence electrons. The van der Waals surface area contributed by atoms with Crippen molar-refractivity contribution in [3.05, 3.63) is 29.8 Å². The monoisotopic (exact) mass is 262 g/mol. The van der Waals surface area contributed by atoms with Gasteiger partial charge >= 0.3 is 0 Å². The lowest BCUT2D eigenvalue weighted by Crippen LogP contribution is -2.34. The molecular weight excluding hydrogens is 236 g/mol. The Morgan fingerprint density at radius 3 is 2.53 bits per heavy atom. The summed E-state index contributed by atoms with van der Waals surface area (Å²) in [5.74, 6) is 0.925. The molecule has 0 amide bonds. The van der Waals surface area contributed by atoms with Crippen molar-refractivity contribution >= 4 is 0 Å². The molecule has 1 aliphatic carbocycles. The summed E-state index contributed by atoms with van der Waals surface area (Å²) in [5, 5.41) is 3.65. The fourth-order valence-corrected chi connectivity index (χ4v) is 2.39. The molecule has 0 aromatic heterocycles. The highest BCUT2D eigenvalue weighted by Gasteiger charge is 2.27. The van der Waals surface area contributed by atoms with Gasteiger partial charge in [0.25, 0.3) is 0 Å². The molecule has 1 N–H and O–H groups in total. The zero-order chi connectivity index (χ0) is 13.7. The van der Waals surface area contributed by atoms with Crippen molar-refractivity contribution in [1.29, 1.82) is 0 Å². The minimum absolute atomic E-state index is 0.413. The van der Waals surface area contributed by atoms with E-state index in [0.717, 1.165) is 24.9 Å². The number of rotatable bonds is 8. The van der Waals surface area contributed by atoms with Gasteiger partial charge in [-0.1, -0.05) is 19.1 Å². The Kier molecular flexibility index (Phi) is 5.23. The van der Waals surface area contributed by atoms with E-state index in [1.807, 2.05) is 12.1 Å². The maximum atomic E-state index is 5.23. The first-order valence-electron chi connectivity index (χ1n) is 7.32. The minimum atomic E-state index is 0.413. The second-order valence-corrected chi connectivity index (χ2v) is 5.45. The quantitative estimate of drug-likeness (QED) is 0.779. The smallest absolute Gasteiger partial charge is 0.118 e. The van der Waals surface area contributed by atoms with Crippen molar-refractivity contribution in [1.82, 2.24) is 10.2 Å². The molecule has 1 aromatic rings. The predicted molar refractivity (Wildman–Crippen MR) is 79.7 cm³/mol. The van der Waals surface area contributed by atoms with Gasteiger partial charge in [-0.05, 0) is 50.6 Å². The van der Waals surface area contributed by atoms with E-state index in [1.54, 1.807) is 7.11 Å². The maximum Gasteiger partial charge on any atom is 0.118 e. The fourth-order valence-electron chi connectivity index (χ4n) is 2.39. The van der Waals surface area contributed by atoms with E-state index in [-0.39, 0.29) is 0 Å². The molecule has 1 saturated carbocycles. The normalized spacial score (nSPS) is 16.6. The Morgan fingerprint density at radius 1 is 1.32 bits per heavy atom. The number of hydrogen-bond acceptors (Lipinski definition) is 3. The number of methoxy groups -OCH3 is 1. The third kappa shape index (κ3) is 4.22. The van der Waals surface area contributed by atoms with Gasteiger partial charge in [0.2, 0.25) is 0 Å². The fraction of sp³-hybridized carbons (Fsp3) is 0.625. The van der Waals surface area contributed by atoms with Crippen molar-refractivity contribution in [2.75, 3.05) is 27.2 Å². The highest BCUT2D eigenvalue weighted by Crippen LogP contribution is 2.27. The molecule has 2 rings (SSSR count). The van der Waals surface area contributed by atoms with Crippen molar-refractivity contribution < 1.29 is 4.74 Å². The van der Waals surface area contributed by atoms with Crippen LogP contribution in [0, 0.1) is 0 Å². The van der Waals surface area contributed by atoms with Crippen LogP contribution in [-0.2, 0) is 0 Å². The van der Waals surface area contributed by atoms with Gasteiger partial charge in [0.15, 0.2) is 0 Å². The molecule has 19 heavy (non-hydrogen) atoms. The summed E-state index contributed by atoms with van der Waals surface area (Å²) >= 11 is 0. The zero-order valence-corrected chi connectivity index (χ0v) is 12.4. The summed E-state index contributed by atoms with van der Waals surface area (Å²) < 4.78 is 5.23. The standard InChI is InChI=1S/C16H26N2O/c1-4-11-17-16(12-18(2)14-7-8-14)13-5-9-15(19-3)10-6-13/h5-6,9-10,14,16-17H,4,7-8,11-12H2,1-3H3. The number of nitrogens with one attached hydrogen (secondary N) is 1. The molecule has 1 atom stereocenters. The summed E-state index contributed by atoms with van der Waals surface area (Å²) in [6.07, 6.45) is 3.89. The van der Waals surface area contributed by atoms with Crippen LogP contribution in [0.1, 0.15) is 37.8 Å². The molecule has 1 aliphatic rings. The van der Waals surface area contributed by atoms with Crippen molar-refractivity contribution in [2.24, 2.45) is 0 Å². The Balaban J connectivity index is 2.01. The van der Waals surface area contributed by atoms with Crippen LogP contribution in [-0.4, -0.2) is 38.2 Å². The van der Waals surface area contributed by atoms with Crippen LogP contribution < -0.4 is 10.1 Å². The summed E-state index contributed by atoms with van der Waals surface area (Å²) in [7, 11) is 3.95. The van der Waals surface area contributed by atoms with E-state index in [4.69, 9.17) is 4.74 Å². The first-order chi connectivity index (χ1) is 9.24. The molecule has 0 saturated heterocycles. The number of hydrogen-bond donors (Lipinski definition) is 1. The van der Waals surface area contributed by atoms with Crippen LogP contribution in [0.2, 0.25) is 0 Å².